The summed E-state index contributed by atoms with van der Waals surface area (Å²) >= 11 is 1.31. The Balaban J connectivity index is 2.49. The zero-order valence-electron chi connectivity index (χ0n) is 14.6. The summed E-state index contributed by atoms with van der Waals surface area (Å²) in [5.74, 6) is -2.40. The zero-order valence-corrected chi connectivity index (χ0v) is 17.1. The Labute approximate surface area is 161 Å². The number of aliphatic carboxylic acids is 2. The molecule has 1 aromatic rings. The summed E-state index contributed by atoms with van der Waals surface area (Å²) in [6.07, 6.45) is 1.08. The van der Waals surface area contributed by atoms with Crippen LogP contribution in [0, 0.1) is 5.92 Å². The second kappa shape index (κ2) is 11.7. The van der Waals surface area contributed by atoms with Crippen LogP contribution in [0.25, 0.3) is 0 Å². The molecular formula is C17H25O6PS2. The van der Waals surface area contributed by atoms with Crippen LogP contribution in [0.5, 0.6) is 0 Å². The lowest BCUT2D eigenvalue weighted by molar-refractivity contribution is -0.142. The molecule has 0 aliphatic rings. The second-order valence-electron chi connectivity index (χ2n) is 6.13. The van der Waals surface area contributed by atoms with Gasteiger partial charge in [-0.2, -0.15) is 0 Å². The summed E-state index contributed by atoms with van der Waals surface area (Å²) in [6, 6.07) is 10.1. The molecule has 9 heteroatoms. The van der Waals surface area contributed by atoms with Crippen molar-refractivity contribution in [1.82, 2.24) is 0 Å². The minimum absolute atomic E-state index is 0.0964. The van der Waals surface area contributed by atoms with E-state index in [4.69, 9.17) is 5.11 Å². The molecule has 0 radical (unpaired) electrons. The van der Waals surface area contributed by atoms with E-state index in [2.05, 4.69) is 19.1 Å². The average Bonchev–Trinajstić information content (AvgIpc) is 2.62. The van der Waals surface area contributed by atoms with Gasteiger partial charge in [-0.1, -0.05) is 48.6 Å². The van der Waals surface area contributed by atoms with Crippen LogP contribution < -0.4 is 0 Å². The van der Waals surface area contributed by atoms with E-state index in [1.165, 1.54) is 5.56 Å². The van der Waals surface area contributed by atoms with E-state index in [-0.39, 0.29) is 30.7 Å². The molecule has 3 unspecified atom stereocenters. The van der Waals surface area contributed by atoms with E-state index in [1.807, 2.05) is 18.2 Å². The summed E-state index contributed by atoms with van der Waals surface area (Å²) in [4.78, 5) is 21.9. The summed E-state index contributed by atoms with van der Waals surface area (Å²) in [5.41, 5.74) is -1.95. The lowest BCUT2D eigenvalue weighted by Gasteiger charge is -2.18. The Morgan fingerprint density at radius 3 is 2.35 bits per heavy atom. The highest BCUT2D eigenvalue weighted by Crippen LogP contribution is 2.69. The molecule has 0 bridgehead atoms. The third kappa shape index (κ3) is 8.62. The fraction of sp³-hybridized carbons (Fsp3) is 0.529. The van der Waals surface area contributed by atoms with Gasteiger partial charge in [-0.25, -0.2) is 0 Å². The molecule has 6 nitrogen and oxygen atoms in total. The molecule has 3 N–H and O–H groups in total. The first kappa shape index (κ1) is 23.1. The Morgan fingerprint density at radius 2 is 1.81 bits per heavy atom. The van der Waals surface area contributed by atoms with Crippen LogP contribution in [0.4, 0.5) is 0 Å². The highest BCUT2D eigenvalue weighted by Gasteiger charge is 2.32. The lowest BCUT2D eigenvalue weighted by Crippen LogP contribution is -2.18. The van der Waals surface area contributed by atoms with E-state index in [9.17, 15) is 23.8 Å². The zero-order chi connectivity index (χ0) is 19.6. The monoisotopic (exact) mass is 420 g/mol. The smallest absolute Gasteiger partial charge is 0.307 e. The first-order chi connectivity index (χ1) is 12.3. The van der Waals surface area contributed by atoms with Gasteiger partial charge in [0.1, 0.15) is 0 Å². The van der Waals surface area contributed by atoms with Crippen LogP contribution in [0.15, 0.2) is 30.3 Å². The number of carboxylic acids is 2. The number of carbonyl (C=O) groups is 2. The Hall–Kier alpha value is -0.950. The van der Waals surface area contributed by atoms with Gasteiger partial charge in [0.25, 0.3) is 0 Å². The Morgan fingerprint density at radius 1 is 1.15 bits per heavy atom. The molecule has 0 amide bonds. The van der Waals surface area contributed by atoms with Crippen molar-refractivity contribution in [3.05, 3.63) is 35.9 Å². The van der Waals surface area contributed by atoms with Crippen LogP contribution in [-0.4, -0.2) is 38.6 Å². The third-order valence-electron chi connectivity index (χ3n) is 4.06. The van der Waals surface area contributed by atoms with Gasteiger partial charge in [0, 0.05) is 18.3 Å². The van der Waals surface area contributed by atoms with E-state index in [1.54, 1.807) is 0 Å². The van der Waals surface area contributed by atoms with E-state index in [0.29, 0.717) is 11.7 Å². The van der Waals surface area contributed by atoms with Gasteiger partial charge in [0.2, 0.25) is 5.55 Å². The molecular weight excluding hydrogens is 395 g/mol. The molecule has 1 rings (SSSR count). The van der Waals surface area contributed by atoms with Crippen LogP contribution in [-0.2, 0) is 14.2 Å². The number of hydrogen-bond donors (Lipinski definition) is 3. The summed E-state index contributed by atoms with van der Waals surface area (Å²) in [6.45, 7) is 2.12. The topological polar surface area (TPSA) is 112 Å². The number of hydrogen-bond acceptors (Lipinski definition) is 6. The first-order valence-corrected chi connectivity index (χ1v) is 13.2. The van der Waals surface area contributed by atoms with Crippen molar-refractivity contribution < 1.29 is 28.9 Å². The van der Waals surface area contributed by atoms with Crippen molar-refractivity contribution in [2.75, 3.05) is 11.9 Å². The largest absolute Gasteiger partial charge is 0.481 e. The molecule has 0 heterocycles. The predicted octanol–water partition coefficient (Wildman–Crippen LogP) is 5.27. The van der Waals surface area contributed by atoms with Crippen molar-refractivity contribution in [3.63, 3.8) is 0 Å². The van der Waals surface area contributed by atoms with Gasteiger partial charge in [-0.3, -0.25) is 14.2 Å². The Kier molecular flexibility index (Phi) is 10.4. The normalized spacial score (nSPS) is 15.8. The molecule has 146 valence electrons. The standard InChI is InChI=1S/C17H25O6PS2/c1-13(14-7-3-2-4-8-14)6-5-11-25-24(22,26-23)12-15(17(20)21)9-10-16(18)19/h2-4,7-8,13,15,23H,5-6,9-12H2,1H3,(H,18,19)(H,20,21). The van der Waals surface area contributed by atoms with E-state index >= 15 is 0 Å². The minimum Gasteiger partial charge on any atom is -0.481 e. The second-order valence-corrected chi connectivity index (χ2v) is 14.0. The summed E-state index contributed by atoms with van der Waals surface area (Å²) in [7, 11) is 0. The maximum Gasteiger partial charge on any atom is 0.307 e. The molecule has 1 aromatic carbocycles. The number of carboxylic acid groups (broad SMARTS) is 2. The summed E-state index contributed by atoms with van der Waals surface area (Å²) < 4.78 is 22.1. The number of benzene rings is 1. The van der Waals surface area contributed by atoms with E-state index < -0.39 is 23.4 Å². The molecule has 0 fully saturated rings. The SMILES string of the molecule is CC(CCCSP(=O)(CC(CCC(=O)O)C(=O)O)SO)c1ccccc1. The first-order valence-electron chi connectivity index (χ1n) is 8.33. The van der Waals surface area contributed by atoms with Crippen LogP contribution in [0.2, 0.25) is 0 Å². The molecule has 0 saturated heterocycles. The molecule has 0 saturated carbocycles. The minimum atomic E-state index is -3.19. The molecule has 0 aliphatic carbocycles. The molecule has 0 aromatic heterocycles. The van der Waals surface area contributed by atoms with Crippen molar-refractivity contribution in [2.24, 2.45) is 5.92 Å². The van der Waals surface area contributed by atoms with Gasteiger partial charge in [-0.05, 0) is 30.7 Å². The van der Waals surface area contributed by atoms with Crippen LogP contribution in [0.3, 0.4) is 0 Å². The van der Waals surface area contributed by atoms with Crippen LogP contribution >= 0.6 is 28.6 Å². The van der Waals surface area contributed by atoms with Crippen molar-refractivity contribution in [1.29, 1.82) is 0 Å². The van der Waals surface area contributed by atoms with Crippen LogP contribution in [0.1, 0.15) is 44.1 Å². The molecule has 26 heavy (non-hydrogen) atoms. The highest BCUT2D eigenvalue weighted by atomic mass is 33.1. The highest BCUT2D eigenvalue weighted by molar-refractivity contribution is 8.89. The third-order valence-corrected chi connectivity index (χ3v) is 11.0. The number of rotatable bonds is 13. The van der Waals surface area contributed by atoms with Gasteiger partial charge in [0.05, 0.1) is 17.6 Å². The predicted molar refractivity (Wildman–Crippen MR) is 107 cm³/mol. The maximum atomic E-state index is 12.7. The average molecular weight is 420 g/mol. The Bertz CT molecular complexity index is 625. The fourth-order valence-electron chi connectivity index (χ4n) is 2.51. The van der Waals surface area contributed by atoms with Crippen molar-refractivity contribution >= 4 is 40.5 Å². The van der Waals surface area contributed by atoms with Gasteiger partial charge in [0.15, 0.2) is 0 Å². The maximum absolute atomic E-state index is 12.7. The molecule has 0 spiro atoms. The van der Waals surface area contributed by atoms with Crippen molar-refractivity contribution in [2.45, 2.75) is 38.5 Å². The van der Waals surface area contributed by atoms with E-state index in [0.717, 1.165) is 24.2 Å². The van der Waals surface area contributed by atoms with Crippen molar-refractivity contribution in [3.8, 4) is 0 Å². The molecule has 3 atom stereocenters. The van der Waals surface area contributed by atoms with Gasteiger partial charge < -0.3 is 14.8 Å². The van der Waals surface area contributed by atoms with Gasteiger partial charge in [-0.15, -0.1) is 0 Å². The van der Waals surface area contributed by atoms with Gasteiger partial charge >= 0.3 is 11.9 Å². The lowest BCUT2D eigenvalue weighted by atomic mass is 9.97. The molecule has 0 aliphatic heterocycles. The summed E-state index contributed by atoms with van der Waals surface area (Å²) in [5, 5.41) is 17.9. The quantitative estimate of drug-likeness (QED) is 0.225. The fourth-order valence-corrected chi connectivity index (χ4v) is 8.24.